The summed E-state index contributed by atoms with van der Waals surface area (Å²) in [6.45, 7) is 6.62. The molecule has 0 spiro atoms. The van der Waals surface area contributed by atoms with Gasteiger partial charge in [-0.15, -0.1) is 0 Å². The monoisotopic (exact) mass is 364 g/mol. The molecule has 3 aromatic rings. The van der Waals surface area contributed by atoms with Gasteiger partial charge in [0.2, 0.25) is 5.95 Å². The van der Waals surface area contributed by atoms with E-state index < -0.39 is 0 Å². The predicted molar refractivity (Wildman–Crippen MR) is 110 cm³/mol. The maximum atomic E-state index is 13.0. The van der Waals surface area contributed by atoms with Crippen molar-refractivity contribution in [1.29, 1.82) is 0 Å². The molecule has 0 saturated carbocycles. The first-order valence-electron chi connectivity index (χ1n) is 9.37. The van der Waals surface area contributed by atoms with Crippen molar-refractivity contribution in [3.8, 4) is 11.3 Å². The third kappa shape index (κ3) is 5.03. The molecular weight excluding hydrogens is 339 g/mol. The van der Waals surface area contributed by atoms with E-state index in [1.54, 1.807) is 0 Å². The maximum Gasteiger partial charge on any atom is 0.227 e. The highest BCUT2D eigenvalue weighted by molar-refractivity contribution is 5.64. The SMILES string of the molecule is CCN(CC)c1nc(NCCc2ccc(F)cc2)cc(-c2ccccc2)n1. The molecule has 0 radical (unpaired) electrons. The number of halogens is 1. The number of hydrogen-bond acceptors (Lipinski definition) is 4. The van der Waals surface area contributed by atoms with Gasteiger partial charge in [0.05, 0.1) is 5.69 Å². The van der Waals surface area contributed by atoms with Crippen molar-refractivity contribution in [2.45, 2.75) is 20.3 Å². The first kappa shape index (κ1) is 18.8. The van der Waals surface area contributed by atoms with Crippen molar-refractivity contribution in [2.24, 2.45) is 0 Å². The van der Waals surface area contributed by atoms with Crippen LogP contribution in [0, 0.1) is 5.82 Å². The van der Waals surface area contributed by atoms with Gasteiger partial charge in [0, 0.05) is 31.3 Å². The Morgan fingerprint density at radius 1 is 0.926 bits per heavy atom. The molecule has 0 saturated heterocycles. The van der Waals surface area contributed by atoms with Gasteiger partial charge in [-0.2, -0.15) is 4.98 Å². The molecule has 2 aromatic carbocycles. The van der Waals surface area contributed by atoms with Crippen LogP contribution in [-0.4, -0.2) is 29.6 Å². The summed E-state index contributed by atoms with van der Waals surface area (Å²) >= 11 is 0. The van der Waals surface area contributed by atoms with E-state index in [-0.39, 0.29) is 5.82 Å². The Bertz CT molecular complexity index is 846. The molecule has 3 rings (SSSR count). The third-order valence-electron chi connectivity index (χ3n) is 4.46. The Kier molecular flexibility index (Phi) is 6.36. The molecule has 0 aliphatic rings. The smallest absolute Gasteiger partial charge is 0.227 e. The highest BCUT2D eigenvalue weighted by Gasteiger charge is 2.11. The molecule has 1 aromatic heterocycles. The van der Waals surface area contributed by atoms with Crippen molar-refractivity contribution in [1.82, 2.24) is 9.97 Å². The van der Waals surface area contributed by atoms with Crippen LogP contribution in [0.3, 0.4) is 0 Å². The highest BCUT2D eigenvalue weighted by atomic mass is 19.1. The molecule has 140 valence electrons. The predicted octanol–water partition coefficient (Wildman–Crippen LogP) is 4.78. The zero-order valence-electron chi connectivity index (χ0n) is 15.8. The summed E-state index contributed by atoms with van der Waals surface area (Å²) in [6.07, 6.45) is 0.797. The standard InChI is InChI=1S/C22H25FN4/c1-3-27(4-2)22-25-20(18-8-6-5-7-9-18)16-21(26-22)24-15-14-17-10-12-19(23)13-11-17/h5-13,16H,3-4,14-15H2,1-2H3,(H,24,25,26). The second-order valence-electron chi connectivity index (χ2n) is 6.28. The Balaban J connectivity index is 1.80. The lowest BCUT2D eigenvalue weighted by molar-refractivity contribution is 0.627. The van der Waals surface area contributed by atoms with Crippen LogP contribution >= 0.6 is 0 Å². The zero-order valence-corrected chi connectivity index (χ0v) is 15.8. The summed E-state index contributed by atoms with van der Waals surface area (Å²) in [5.41, 5.74) is 3.05. The number of nitrogens with zero attached hydrogens (tertiary/aromatic N) is 3. The lowest BCUT2D eigenvalue weighted by Gasteiger charge is -2.20. The number of aromatic nitrogens is 2. The van der Waals surface area contributed by atoms with Crippen molar-refractivity contribution in [3.05, 3.63) is 72.0 Å². The molecule has 1 N–H and O–H groups in total. The van der Waals surface area contributed by atoms with Gasteiger partial charge in [-0.3, -0.25) is 0 Å². The van der Waals surface area contributed by atoms with Crippen LogP contribution in [0.25, 0.3) is 11.3 Å². The Hall–Kier alpha value is -2.95. The highest BCUT2D eigenvalue weighted by Crippen LogP contribution is 2.23. The Labute approximate surface area is 160 Å². The van der Waals surface area contributed by atoms with Gasteiger partial charge in [-0.05, 0) is 38.0 Å². The maximum absolute atomic E-state index is 13.0. The molecule has 27 heavy (non-hydrogen) atoms. The lowest BCUT2D eigenvalue weighted by Crippen LogP contribution is -2.24. The number of hydrogen-bond donors (Lipinski definition) is 1. The molecule has 0 atom stereocenters. The van der Waals surface area contributed by atoms with Crippen LogP contribution in [0.2, 0.25) is 0 Å². The van der Waals surface area contributed by atoms with Crippen LogP contribution in [0.4, 0.5) is 16.2 Å². The number of anilines is 2. The second kappa shape index (κ2) is 9.12. The minimum Gasteiger partial charge on any atom is -0.370 e. The molecular formula is C22H25FN4. The second-order valence-corrected chi connectivity index (χ2v) is 6.28. The van der Waals surface area contributed by atoms with Crippen molar-refractivity contribution in [3.63, 3.8) is 0 Å². The van der Waals surface area contributed by atoms with E-state index in [0.717, 1.165) is 48.1 Å². The molecule has 1 heterocycles. The van der Waals surface area contributed by atoms with Gasteiger partial charge in [-0.25, -0.2) is 9.37 Å². The van der Waals surface area contributed by atoms with Gasteiger partial charge >= 0.3 is 0 Å². The summed E-state index contributed by atoms with van der Waals surface area (Å²) in [6, 6.07) is 18.7. The van der Waals surface area contributed by atoms with E-state index >= 15 is 0 Å². The van der Waals surface area contributed by atoms with Crippen LogP contribution in [-0.2, 0) is 6.42 Å². The van der Waals surface area contributed by atoms with E-state index in [1.807, 2.05) is 36.4 Å². The number of rotatable bonds is 8. The minimum atomic E-state index is -0.209. The van der Waals surface area contributed by atoms with Crippen LogP contribution in [0.15, 0.2) is 60.7 Å². The van der Waals surface area contributed by atoms with Crippen LogP contribution in [0.5, 0.6) is 0 Å². The normalized spacial score (nSPS) is 10.6. The van der Waals surface area contributed by atoms with Crippen molar-refractivity contribution in [2.75, 3.05) is 29.9 Å². The topological polar surface area (TPSA) is 41.1 Å². The lowest BCUT2D eigenvalue weighted by atomic mass is 10.1. The molecule has 5 heteroatoms. The van der Waals surface area contributed by atoms with Crippen molar-refractivity contribution < 1.29 is 4.39 Å². The average molecular weight is 364 g/mol. The van der Waals surface area contributed by atoms with Gasteiger partial charge in [-0.1, -0.05) is 42.5 Å². The first-order valence-corrected chi connectivity index (χ1v) is 9.37. The summed E-state index contributed by atoms with van der Waals surface area (Å²) in [5.74, 6) is 1.32. The van der Waals surface area contributed by atoms with Gasteiger partial charge in [0.25, 0.3) is 0 Å². The fourth-order valence-corrected chi connectivity index (χ4v) is 2.92. The van der Waals surface area contributed by atoms with E-state index in [9.17, 15) is 4.39 Å². The number of nitrogens with one attached hydrogen (secondary N) is 1. The van der Waals surface area contributed by atoms with Crippen LogP contribution in [0.1, 0.15) is 19.4 Å². The molecule has 0 amide bonds. The largest absolute Gasteiger partial charge is 0.370 e. The van der Waals surface area contributed by atoms with E-state index in [1.165, 1.54) is 12.1 Å². The molecule has 0 unspecified atom stereocenters. The van der Waals surface area contributed by atoms with Crippen molar-refractivity contribution >= 4 is 11.8 Å². The minimum absolute atomic E-state index is 0.209. The summed E-state index contributed by atoms with van der Waals surface area (Å²) in [5, 5.41) is 3.39. The Morgan fingerprint density at radius 2 is 1.63 bits per heavy atom. The third-order valence-corrected chi connectivity index (χ3v) is 4.46. The molecule has 0 aliphatic carbocycles. The summed E-state index contributed by atoms with van der Waals surface area (Å²) in [4.78, 5) is 11.6. The van der Waals surface area contributed by atoms with Crippen LogP contribution < -0.4 is 10.2 Å². The van der Waals surface area contributed by atoms with Gasteiger partial charge < -0.3 is 10.2 Å². The van der Waals surface area contributed by atoms with E-state index in [0.29, 0.717) is 6.54 Å². The quantitative estimate of drug-likeness (QED) is 0.624. The first-order chi connectivity index (χ1) is 13.2. The average Bonchev–Trinajstić information content (AvgIpc) is 2.71. The van der Waals surface area contributed by atoms with E-state index in [4.69, 9.17) is 4.98 Å². The fraction of sp³-hybridized carbons (Fsp3) is 0.273. The van der Waals surface area contributed by atoms with E-state index in [2.05, 4.69) is 41.2 Å². The fourth-order valence-electron chi connectivity index (χ4n) is 2.92. The summed E-state index contributed by atoms with van der Waals surface area (Å²) < 4.78 is 13.0. The molecule has 0 aliphatic heterocycles. The molecule has 0 bridgehead atoms. The van der Waals surface area contributed by atoms with Gasteiger partial charge in [0.15, 0.2) is 0 Å². The zero-order chi connectivity index (χ0) is 19.1. The Morgan fingerprint density at radius 3 is 2.30 bits per heavy atom. The molecule has 0 fully saturated rings. The van der Waals surface area contributed by atoms with Gasteiger partial charge in [0.1, 0.15) is 11.6 Å². The number of benzene rings is 2. The molecule has 4 nitrogen and oxygen atoms in total. The summed E-state index contributed by atoms with van der Waals surface area (Å²) in [7, 11) is 0.